The Hall–Kier alpha value is -1.29. The Morgan fingerprint density at radius 3 is 2.90 bits per heavy atom. The fraction of sp³-hybridized carbons (Fsp3) is 0.625. The zero-order chi connectivity index (χ0) is 14.8. The number of fused-ring (bicyclic) bond motifs is 1. The second-order valence-electron chi connectivity index (χ2n) is 6.23. The molecule has 0 amide bonds. The molecule has 1 saturated carbocycles. The van der Waals surface area contributed by atoms with Gasteiger partial charge in [-0.3, -0.25) is 0 Å². The summed E-state index contributed by atoms with van der Waals surface area (Å²) in [6.45, 7) is 4.31. The van der Waals surface area contributed by atoms with Crippen LogP contribution in [0.1, 0.15) is 57.6 Å². The zero-order valence-corrected chi connectivity index (χ0v) is 13.5. The topological polar surface area (TPSA) is 42.2 Å². The van der Waals surface area contributed by atoms with Gasteiger partial charge in [-0.1, -0.05) is 33.1 Å². The molecule has 5 heteroatoms. The van der Waals surface area contributed by atoms with E-state index in [-0.39, 0.29) is 5.38 Å². The summed E-state index contributed by atoms with van der Waals surface area (Å²) in [6, 6.07) is 2.42. The van der Waals surface area contributed by atoms with Gasteiger partial charge >= 0.3 is 0 Å². The minimum absolute atomic E-state index is 0.182. The molecule has 1 N–H and O–H groups in total. The van der Waals surface area contributed by atoms with Gasteiger partial charge in [-0.2, -0.15) is 5.10 Å². The number of anilines is 1. The van der Waals surface area contributed by atoms with Gasteiger partial charge in [0, 0.05) is 18.4 Å². The molecule has 0 radical (unpaired) electrons. The summed E-state index contributed by atoms with van der Waals surface area (Å²) in [5.41, 5.74) is 2.13. The first-order valence-electron chi connectivity index (χ1n) is 7.90. The quantitative estimate of drug-likeness (QED) is 0.682. The molecule has 2 atom stereocenters. The zero-order valence-electron chi connectivity index (χ0n) is 12.7. The predicted molar refractivity (Wildman–Crippen MR) is 87.2 cm³/mol. The number of rotatable bonds is 3. The Kier molecular flexibility index (Phi) is 4.34. The van der Waals surface area contributed by atoms with E-state index in [0.717, 1.165) is 29.9 Å². The normalized spacial score (nSPS) is 23.4. The lowest BCUT2D eigenvalue weighted by atomic mass is 10.1. The van der Waals surface area contributed by atoms with Crippen LogP contribution in [0.2, 0.25) is 0 Å². The van der Waals surface area contributed by atoms with E-state index < -0.39 is 0 Å². The molecule has 21 heavy (non-hydrogen) atoms. The lowest BCUT2D eigenvalue weighted by molar-refractivity contribution is 0.625. The van der Waals surface area contributed by atoms with E-state index in [1.807, 2.05) is 10.7 Å². The van der Waals surface area contributed by atoms with Gasteiger partial charge in [0.05, 0.1) is 11.1 Å². The summed E-state index contributed by atoms with van der Waals surface area (Å²) in [5, 5.41) is 8.35. The van der Waals surface area contributed by atoms with Gasteiger partial charge in [0.1, 0.15) is 5.52 Å². The number of aromatic nitrogens is 3. The molecule has 2 aromatic heterocycles. The molecule has 0 aromatic carbocycles. The first kappa shape index (κ1) is 14.6. The van der Waals surface area contributed by atoms with E-state index in [1.54, 1.807) is 6.20 Å². The Balaban J connectivity index is 1.89. The fourth-order valence-corrected chi connectivity index (χ4v) is 3.28. The van der Waals surface area contributed by atoms with E-state index in [9.17, 15) is 0 Å². The monoisotopic (exact) mass is 306 g/mol. The average Bonchev–Trinajstić information content (AvgIpc) is 2.81. The fourth-order valence-electron chi connectivity index (χ4n) is 2.93. The van der Waals surface area contributed by atoms with Crippen molar-refractivity contribution in [2.75, 3.05) is 5.32 Å². The number of hydrogen-bond acceptors (Lipinski definition) is 3. The van der Waals surface area contributed by atoms with Crippen molar-refractivity contribution < 1.29 is 0 Å². The van der Waals surface area contributed by atoms with Crippen LogP contribution in [0.5, 0.6) is 0 Å². The highest BCUT2D eigenvalue weighted by atomic mass is 35.5. The summed E-state index contributed by atoms with van der Waals surface area (Å²) < 4.78 is 1.91. The molecule has 3 rings (SSSR count). The Labute approximate surface area is 130 Å². The molecule has 1 aliphatic rings. The van der Waals surface area contributed by atoms with Crippen LogP contribution in [0, 0.1) is 0 Å². The molecule has 1 aliphatic carbocycles. The first-order valence-corrected chi connectivity index (χ1v) is 8.33. The molecule has 2 heterocycles. The summed E-state index contributed by atoms with van der Waals surface area (Å²) >= 11 is 6.53. The highest BCUT2D eigenvalue weighted by Gasteiger charge is 2.23. The summed E-state index contributed by atoms with van der Waals surface area (Å²) in [7, 11) is 0. The van der Waals surface area contributed by atoms with E-state index in [4.69, 9.17) is 11.6 Å². The largest absolute Gasteiger partial charge is 0.364 e. The minimum atomic E-state index is 0.182. The lowest BCUT2D eigenvalue weighted by Crippen LogP contribution is -2.29. The van der Waals surface area contributed by atoms with Gasteiger partial charge in [0.2, 0.25) is 0 Å². The van der Waals surface area contributed by atoms with Crippen LogP contribution in [0.4, 0.5) is 5.82 Å². The molecular formula is C16H23ClN4. The molecule has 2 aromatic rings. The van der Waals surface area contributed by atoms with Crippen LogP contribution in [0.3, 0.4) is 0 Å². The molecule has 0 aliphatic heterocycles. The van der Waals surface area contributed by atoms with Crippen molar-refractivity contribution in [1.29, 1.82) is 0 Å². The molecule has 4 nitrogen and oxygen atoms in total. The molecular weight excluding hydrogens is 284 g/mol. The molecule has 114 valence electrons. The molecule has 0 bridgehead atoms. The van der Waals surface area contributed by atoms with Crippen LogP contribution in [-0.4, -0.2) is 26.0 Å². The minimum Gasteiger partial charge on any atom is -0.364 e. The highest BCUT2D eigenvalue weighted by molar-refractivity contribution is 6.21. The Bertz CT molecular complexity index is 607. The van der Waals surface area contributed by atoms with Gasteiger partial charge in [-0.05, 0) is 24.8 Å². The van der Waals surface area contributed by atoms with Crippen LogP contribution < -0.4 is 5.32 Å². The molecule has 2 unspecified atom stereocenters. The SMILES string of the molecule is CC(C)c1cc2c(NC3CCCCCC3Cl)nccn2n1. The van der Waals surface area contributed by atoms with E-state index in [1.165, 1.54) is 19.3 Å². The van der Waals surface area contributed by atoms with Crippen molar-refractivity contribution in [1.82, 2.24) is 14.6 Å². The maximum absolute atomic E-state index is 6.53. The lowest BCUT2D eigenvalue weighted by Gasteiger charge is -2.21. The molecule has 1 fully saturated rings. The van der Waals surface area contributed by atoms with Gasteiger partial charge in [-0.25, -0.2) is 9.50 Å². The third kappa shape index (κ3) is 3.15. The van der Waals surface area contributed by atoms with Crippen molar-refractivity contribution in [3.05, 3.63) is 24.2 Å². The molecule has 0 saturated heterocycles. The second-order valence-corrected chi connectivity index (χ2v) is 6.79. The van der Waals surface area contributed by atoms with Crippen molar-refractivity contribution in [2.24, 2.45) is 0 Å². The smallest absolute Gasteiger partial charge is 0.152 e. The number of alkyl halides is 1. The van der Waals surface area contributed by atoms with Gasteiger partial charge < -0.3 is 5.32 Å². The first-order chi connectivity index (χ1) is 10.1. The second kappa shape index (κ2) is 6.22. The summed E-state index contributed by atoms with van der Waals surface area (Å²) in [6.07, 6.45) is 9.64. The average molecular weight is 307 g/mol. The van der Waals surface area contributed by atoms with Crippen molar-refractivity contribution in [3.63, 3.8) is 0 Å². The highest BCUT2D eigenvalue weighted by Crippen LogP contribution is 2.27. The Morgan fingerprint density at radius 1 is 1.29 bits per heavy atom. The third-order valence-corrected chi connectivity index (χ3v) is 4.78. The van der Waals surface area contributed by atoms with Crippen LogP contribution in [0.15, 0.2) is 18.5 Å². The van der Waals surface area contributed by atoms with Crippen molar-refractivity contribution in [2.45, 2.75) is 63.3 Å². The van der Waals surface area contributed by atoms with E-state index >= 15 is 0 Å². The maximum Gasteiger partial charge on any atom is 0.152 e. The predicted octanol–water partition coefficient (Wildman–Crippen LogP) is 4.20. The molecule has 0 spiro atoms. The third-order valence-electron chi connectivity index (χ3n) is 4.25. The van der Waals surface area contributed by atoms with E-state index in [0.29, 0.717) is 12.0 Å². The standard InChI is InChI=1S/C16H23ClN4/c1-11(2)14-10-15-16(18-8-9-21(15)20-14)19-13-7-5-3-4-6-12(13)17/h8-13H,3-7H2,1-2H3,(H,18,19). The van der Waals surface area contributed by atoms with Gasteiger partial charge in [0.15, 0.2) is 5.82 Å². The summed E-state index contributed by atoms with van der Waals surface area (Å²) in [4.78, 5) is 4.51. The van der Waals surface area contributed by atoms with Crippen LogP contribution in [0.25, 0.3) is 5.52 Å². The van der Waals surface area contributed by atoms with Crippen molar-refractivity contribution >= 4 is 22.9 Å². The van der Waals surface area contributed by atoms with Gasteiger partial charge in [0.25, 0.3) is 0 Å². The number of nitrogens with one attached hydrogen (secondary N) is 1. The Morgan fingerprint density at radius 2 is 2.10 bits per heavy atom. The number of nitrogens with zero attached hydrogens (tertiary/aromatic N) is 3. The number of halogens is 1. The number of hydrogen-bond donors (Lipinski definition) is 1. The van der Waals surface area contributed by atoms with Gasteiger partial charge in [-0.15, -0.1) is 11.6 Å². The van der Waals surface area contributed by atoms with E-state index in [2.05, 4.69) is 35.3 Å². The van der Waals surface area contributed by atoms with Crippen LogP contribution in [-0.2, 0) is 0 Å². The van der Waals surface area contributed by atoms with Crippen LogP contribution >= 0.6 is 11.6 Å². The van der Waals surface area contributed by atoms with Crippen molar-refractivity contribution in [3.8, 4) is 0 Å². The maximum atomic E-state index is 6.53. The summed E-state index contributed by atoms with van der Waals surface area (Å²) in [5.74, 6) is 1.31.